The number of aliphatic hydroxyl groups excluding tert-OH is 1. The summed E-state index contributed by atoms with van der Waals surface area (Å²) in [5, 5.41) is 12.4. The van der Waals surface area contributed by atoms with Crippen molar-refractivity contribution in [3.8, 4) is 5.75 Å². The first-order valence-corrected chi connectivity index (χ1v) is 5.40. The Bertz CT molecular complexity index is 327. The van der Waals surface area contributed by atoms with Gasteiger partial charge >= 0.3 is 0 Å². The molecule has 2 N–H and O–H groups in total. The lowest BCUT2D eigenvalue weighted by Gasteiger charge is -2.28. The molecule has 0 spiro atoms. The molecule has 1 aromatic carbocycles. The van der Waals surface area contributed by atoms with E-state index in [2.05, 4.69) is 11.4 Å². The molecule has 0 bridgehead atoms. The first-order chi connectivity index (χ1) is 7.31. The van der Waals surface area contributed by atoms with Gasteiger partial charge in [0.05, 0.1) is 13.2 Å². The summed E-state index contributed by atoms with van der Waals surface area (Å²) in [6.45, 7) is 2.89. The van der Waals surface area contributed by atoms with Crippen LogP contribution in [0.3, 0.4) is 0 Å². The molecular formula is C12H17NO2. The number of benzene rings is 1. The predicted molar refractivity (Wildman–Crippen MR) is 59.0 cm³/mol. The van der Waals surface area contributed by atoms with Crippen LogP contribution in [0.25, 0.3) is 0 Å². The van der Waals surface area contributed by atoms with Gasteiger partial charge in [-0.3, -0.25) is 0 Å². The van der Waals surface area contributed by atoms with Gasteiger partial charge in [-0.2, -0.15) is 0 Å². The topological polar surface area (TPSA) is 41.5 Å². The first kappa shape index (κ1) is 10.5. The monoisotopic (exact) mass is 207 g/mol. The van der Waals surface area contributed by atoms with Gasteiger partial charge in [0.1, 0.15) is 5.75 Å². The van der Waals surface area contributed by atoms with Crippen molar-refractivity contribution in [2.24, 2.45) is 0 Å². The van der Waals surface area contributed by atoms with Crippen molar-refractivity contribution in [3.05, 3.63) is 29.8 Å². The lowest BCUT2D eigenvalue weighted by molar-refractivity contribution is 0.210. The molecule has 0 saturated heterocycles. The molecular weight excluding hydrogens is 190 g/mol. The Balaban J connectivity index is 2.15. The van der Waals surface area contributed by atoms with E-state index in [0.717, 1.165) is 18.8 Å². The molecule has 1 aliphatic rings. The lowest BCUT2D eigenvalue weighted by Crippen LogP contribution is -2.35. The largest absolute Gasteiger partial charge is 0.493 e. The van der Waals surface area contributed by atoms with Crippen molar-refractivity contribution in [2.45, 2.75) is 25.4 Å². The molecule has 1 aliphatic heterocycles. The van der Waals surface area contributed by atoms with Crippen LogP contribution in [0.1, 0.15) is 24.9 Å². The van der Waals surface area contributed by atoms with Crippen LogP contribution in [-0.4, -0.2) is 24.4 Å². The third-order valence-electron chi connectivity index (χ3n) is 2.72. The number of fused-ring (bicyclic) bond motifs is 1. The van der Waals surface area contributed by atoms with Crippen LogP contribution in [0.2, 0.25) is 0 Å². The molecule has 2 rings (SSSR count). The number of hydrogen-bond donors (Lipinski definition) is 2. The summed E-state index contributed by atoms with van der Waals surface area (Å²) in [4.78, 5) is 0. The van der Waals surface area contributed by atoms with E-state index in [4.69, 9.17) is 9.84 Å². The van der Waals surface area contributed by atoms with Crippen molar-refractivity contribution in [1.82, 2.24) is 5.32 Å². The van der Waals surface area contributed by atoms with Crippen LogP contribution in [0, 0.1) is 0 Å². The Morgan fingerprint density at radius 1 is 1.53 bits per heavy atom. The number of nitrogens with one attached hydrogen (secondary N) is 1. The Morgan fingerprint density at radius 3 is 3.13 bits per heavy atom. The molecule has 3 nitrogen and oxygen atoms in total. The van der Waals surface area contributed by atoms with E-state index in [-0.39, 0.29) is 12.6 Å². The predicted octanol–water partition coefficient (Wildman–Crippen LogP) is 1.48. The van der Waals surface area contributed by atoms with Crippen LogP contribution in [0.15, 0.2) is 24.3 Å². The molecule has 1 aromatic rings. The maximum atomic E-state index is 9.02. The minimum Gasteiger partial charge on any atom is -0.493 e. The van der Waals surface area contributed by atoms with Gasteiger partial charge in [-0.15, -0.1) is 0 Å². The van der Waals surface area contributed by atoms with Gasteiger partial charge < -0.3 is 15.2 Å². The second kappa shape index (κ2) is 4.64. The maximum Gasteiger partial charge on any atom is 0.124 e. The third-order valence-corrected chi connectivity index (χ3v) is 2.72. The Kier molecular flexibility index (Phi) is 3.23. The number of rotatable bonds is 3. The summed E-state index contributed by atoms with van der Waals surface area (Å²) in [5.41, 5.74) is 1.20. The Labute approximate surface area is 90.1 Å². The average Bonchev–Trinajstić information content (AvgIpc) is 2.29. The fourth-order valence-corrected chi connectivity index (χ4v) is 1.91. The smallest absolute Gasteiger partial charge is 0.124 e. The van der Waals surface area contributed by atoms with Crippen molar-refractivity contribution in [3.63, 3.8) is 0 Å². The number of aliphatic hydroxyl groups is 1. The molecule has 82 valence electrons. The highest BCUT2D eigenvalue weighted by atomic mass is 16.5. The fraction of sp³-hybridized carbons (Fsp3) is 0.500. The van der Waals surface area contributed by atoms with Gasteiger partial charge in [-0.05, 0) is 13.0 Å². The van der Waals surface area contributed by atoms with Crippen molar-refractivity contribution in [1.29, 1.82) is 0 Å². The summed E-state index contributed by atoms with van der Waals surface area (Å²) in [7, 11) is 0. The molecule has 0 fully saturated rings. The van der Waals surface area contributed by atoms with Crippen LogP contribution in [0.4, 0.5) is 0 Å². The van der Waals surface area contributed by atoms with Crippen molar-refractivity contribution >= 4 is 0 Å². The Morgan fingerprint density at radius 2 is 2.33 bits per heavy atom. The molecule has 0 radical (unpaired) electrons. The van der Waals surface area contributed by atoms with Crippen LogP contribution in [0.5, 0.6) is 5.75 Å². The highest BCUT2D eigenvalue weighted by Crippen LogP contribution is 2.31. The zero-order valence-corrected chi connectivity index (χ0v) is 8.94. The van der Waals surface area contributed by atoms with E-state index in [1.54, 1.807) is 0 Å². The second-order valence-electron chi connectivity index (χ2n) is 3.98. The molecule has 0 aliphatic carbocycles. The first-order valence-electron chi connectivity index (χ1n) is 5.40. The molecule has 0 amide bonds. The molecule has 15 heavy (non-hydrogen) atoms. The number of ether oxygens (including phenoxy) is 1. The standard InChI is InChI=1S/C12H17NO2/c1-9(8-14)13-11-6-7-15-12-5-3-2-4-10(11)12/h2-5,9,11,13-14H,6-8H2,1H3. The van der Waals surface area contributed by atoms with E-state index in [1.165, 1.54) is 5.56 Å². The molecule has 2 atom stereocenters. The third kappa shape index (κ3) is 2.30. The van der Waals surface area contributed by atoms with Gasteiger partial charge in [0.2, 0.25) is 0 Å². The summed E-state index contributed by atoms with van der Waals surface area (Å²) in [5.74, 6) is 0.964. The SMILES string of the molecule is CC(CO)NC1CCOc2ccccc21. The highest BCUT2D eigenvalue weighted by molar-refractivity contribution is 5.37. The molecule has 1 heterocycles. The van der Waals surface area contributed by atoms with Gasteiger partial charge in [0.15, 0.2) is 0 Å². The summed E-state index contributed by atoms with van der Waals surface area (Å²) in [6, 6.07) is 8.50. The van der Waals surface area contributed by atoms with E-state index < -0.39 is 0 Å². The highest BCUT2D eigenvalue weighted by Gasteiger charge is 2.21. The molecule has 2 unspecified atom stereocenters. The minimum atomic E-state index is 0.126. The Hall–Kier alpha value is -1.06. The molecule has 3 heteroatoms. The van der Waals surface area contributed by atoms with Crippen molar-refractivity contribution in [2.75, 3.05) is 13.2 Å². The van der Waals surface area contributed by atoms with Gasteiger partial charge in [-0.1, -0.05) is 18.2 Å². The summed E-state index contributed by atoms with van der Waals surface area (Å²) in [6.07, 6.45) is 0.960. The number of para-hydroxylation sites is 1. The van der Waals surface area contributed by atoms with Crippen LogP contribution >= 0.6 is 0 Å². The van der Waals surface area contributed by atoms with Crippen LogP contribution < -0.4 is 10.1 Å². The number of hydrogen-bond acceptors (Lipinski definition) is 3. The van der Waals surface area contributed by atoms with Gasteiger partial charge in [0.25, 0.3) is 0 Å². The summed E-state index contributed by atoms with van der Waals surface area (Å²) < 4.78 is 5.57. The quantitative estimate of drug-likeness (QED) is 0.789. The zero-order valence-electron chi connectivity index (χ0n) is 8.94. The van der Waals surface area contributed by atoms with Crippen LogP contribution in [-0.2, 0) is 0 Å². The normalized spacial score (nSPS) is 21.6. The van der Waals surface area contributed by atoms with E-state index in [0.29, 0.717) is 6.04 Å². The van der Waals surface area contributed by atoms with Crippen molar-refractivity contribution < 1.29 is 9.84 Å². The van der Waals surface area contributed by atoms with E-state index >= 15 is 0 Å². The maximum absolute atomic E-state index is 9.02. The lowest BCUT2D eigenvalue weighted by atomic mass is 10.00. The second-order valence-corrected chi connectivity index (χ2v) is 3.98. The summed E-state index contributed by atoms with van der Waals surface area (Å²) >= 11 is 0. The molecule has 0 saturated carbocycles. The van der Waals surface area contributed by atoms with Gasteiger partial charge in [-0.25, -0.2) is 0 Å². The zero-order chi connectivity index (χ0) is 10.7. The van der Waals surface area contributed by atoms with E-state index in [1.807, 2.05) is 25.1 Å². The van der Waals surface area contributed by atoms with Gasteiger partial charge in [0, 0.05) is 24.1 Å². The average molecular weight is 207 g/mol. The minimum absolute atomic E-state index is 0.126. The fourth-order valence-electron chi connectivity index (χ4n) is 1.91. The molecule has 0 aromatic heterocycles. The van der Waals surface area contributed by atoms with E-state index in [9.17, 15) is 0 Å².